The molecule has 1 aromatic carbocycles. The molecule has 1 aliphatic rings. The number of fused-ring (bicyclic) bond motifs is 1. The van der Waals surface area contributed by atoms with Crippen molar-refractivity contribution in [2.45, 2.75) is 38.4 Å². The van der Waals surface area contributed by atoms with Crippen molar-refractivity contribution in [2.75, 3.05) is 6.54 Å². The van der Waals surface area contributed by atoms with E-state index in [0.29, 0.717) is 12.1 Å². The molecule has 0 spiro atoms. The van der Waals surface area contributed by atoms with Gasteiger partial charge >= 0.3 is 0 Å². The minimum absolute atomic E-state index is 0.378. The molecular weight excluding hydrogens is 302 g/mol. The molecule has 0 bridgehead atoms. The van der Waals surface area contributed by atoms with E-state index >= 15 is 0 Å². The summed E-state index contributed by atoms with van der Waals surface area (Å²) in [4.78, 5) is 5.89. The van der Waals surface area contributed by atoms with Crippen molar-refractivity contribution in [3.8, 4) is 0 Å². The number of halogens is 1. The number of H-pyrrole nitrogens is 1. The minimum Gasteiger partial charge on any atom is -0.361 e. The topological polar surface area (TPSA) is 45.0 Å². The molecule has 3 nitrogen and oxygen atoms in total. The molecule has 1 fully saturated rings. The Labute approximate surface area is 122 Å². The van der Waals surface area contributed by atoms with Crippen LogP contribution in [-0.2, 0) is 6.54 Å². The number of hydrogen-bond acceptors (Lipinski definition) is 2. The third kappa shape index (κ3) is 2.71. The van der Waals surface area contributed by atoms with Gasteiger partial charge in [0.05, 0.1) is 0 Å². The summed E-state index contributed by atoms with van der Waals surface area (Å²) in [7, 11) is 0. The fourth-order valence-corrected chi connectivity index (χ4v) is 3.35. The van der Waals surface area contributed by atoms with Crippen LogP contribution in [0.3, 0.4) is 0 Å². The van der Waals surface area contributed by atoms with Gasteiger partial charge in [0.25, 0.3) is 0 Å². The average Bonchev–Trinajstić information content (AvgIpc) is 2.75. The molecule has 1 aliphatic heterocycles. The second-order valence-electron chi connectivity index (χ2n) is 5.61. The second kappa shape index (κ2) is 5.27. The number of hydrogen-bond donors (Lipinski definition) is 2. The molecule has 2 aromatic rings. The third-order valence-corrected chi connectivity index (χ3v) is 4.65. The first-order chi connectivity index (χ1) is 9.13. The van der Waals surface area contributed by atoms with Crippen LogP contribution in [0.4, 0.5) is 0 Å². The Morgan fingerprint density at radius 2 is 2.32 bits per heavy atom. The van der Waals surface area contributed by atoms with E-state index < -0.39 is 0 Å². The lowest BCUT2D eigenvalue weighted by Crippen LogP contribution is -2.44. The maximum atomic E-state index is 6.03. The number of nitrogens with one attached hydrogen (secondary N) is 1. The largest absolute Gasteiger partial charge is 0.361 e. The van der Waals surface area contributed by atoms with Crippen molar-refractivity contribution in [3.05, 3.63) is 34.4 Å². The van der Waals surface area contributed by atoms with E-state index in [1.54, 1.807) is 0 Å². The Kier molecular flexibility index (Phi) is 3.65. The first-order valence-electron chi connectivity index (χ1n) is 6.88. The lowest BCUT2D eigenvalue weighted by Gasteiger charge is -2.36. The number of benzene rings is 1. The van der Waals surface area contributed by atoms with Gasteiger partial charge in [0.15, 0.2) is 0 Å². The Morgan fingerprint density at radius 3 is 3.11 bits per heavy atom. The molecule has 0 aliphatic carbocycles. The maximum Gasteiger partial charge on any atom is 0.0458 e. The summed E-state index contributed by atoms with van der Waals surface area (Å²) >= 11 is 3.55. The monoisotopic (exact) mass is 321 g/mol. The van der Waals surface area contributed by atoms with E-state index in [9.17, 15) is 0 Å². The van der Waals surface area contributed by atoms with Crippen LogP contribution in [0.25, 0.3) is 10.9 Å². The maximum absolute atomic E-state index is 6.03. The molecule has 0 amide bonds. The first-order valence-corrected chi connectivity index (χ1v) is 7.68. The molecule has 2 atom stereocenters. The molecule has 0 radical (unpaired) electrons. The van der Waals surface area contributed by atoms with Gasteiger partial charge < -0.3 is 10.7 Å². The van der Waals surface area contributed by atoms with E-state index in [0.717, 1.165) is 30.4 Å². The summed E-state index contributed by atoms with van der Waals surface area (Å²) in [5.41, 5.74) is 8.61. The Bertz CT molecular complexity index is 578. The first kappa shape index (κ1) is 13.2. The Balaban J connectivity index is 1.83. The normalized spacial score (nSPS) is 25.0. The quantitative estimate of drug-likeness (QED) is 0.891. The number of rotatable bonds is 2. The van der Waals surface area contributed by atoms with Crippen LogP contribution < -0.4 is 5.73 Å². The van der Waals surface area contributed by atoms with Gasteiger partial charge in [-0.3, -0.25) is 4.90 Å². The summed E-state index contributed by atoms with van der Waals surface area (Å²) < 4.78 is 1.13. The van der Waals surface area contributed by atoms with Gasteiger partial charge in [-0.25, -0.2) is 0 Å². The number of likely N-dealkylation sites (tertiary alicyclic amines) is 1. The fourth-order valence-electron chi connectivity index (χ4n) is 2.99. The van der Waals surface area contributed by atoms with Crippen LogP contribution in [0.15, 0.2) is 28.9 Å². The van der Waals surface area contributed by atoms with Crippen LogP contribution in [0.5, 0.6) is 0 Å². The van der Waals surface area contributed by atoms with Crippen molar-refractivity contribution >= 4 is 26.8 Å². The fraction of sp³-hybridized carbons (Fsp3) is 0.467. The van der Waals surface area contributed by atoms with Crippen molar-refractivity contribution in [1.29, 1.82) is 0 Å². The van der Waals surface area contributed by atoms with Gasteiger partial charge in [-0.05, 0) is 43.5 Å². The standard InChI is InChI=1S/C15H20BrN3/c1-10-6-13(17)4-5-19(10)9-11-8-18-15-3-2-12(16)7-14(11)15/h2-3,7-8,10,13,18H,4-6,9,17H2,1H3. The van der Waals surface area contributed by atoms with Gasteiger partial charge in [-0.15, -0.1) is 0 Å². The highest BCUT2D eigenvalue weighted by molar-refractivity contribution is 9.10. The van der Waals surface area contributed by atoms with Crippen LogP contribution in [-0.4, -0.2) is 28.5 Å². The highest BCUT2D eigenvalue weighted by Gasteiger charge is 2.23. The molecule has 4 heteroatoms. The van der Waals surface area contributed by atoms with Gasteiger partial charge in [0.1, 0.15) is 0 Å². The number of nitrogens with zero attached hydrogens (tertiary/aromatic N) is 1. The highest BCUT2D eigenvalue weighted by Crippen LogP contribution is 2.26. The predicted octanol–water partition coefficient (Wildman–Crippen LogP) is 3.24. The minimum atomic E-state index is 0.378. The molecule has 19 heavy (non-hydrogen) atoms. The number of nitrogens with two attached hydrogens (primary N) is 1. The number of aromatic amines is 1. The summed E-state index contributed by atoms with van der Waals surface area (Å²) in [6, 6.07) is 7.34. The van der Waals surface area contributed by atoms with Crippen molar-refractivity contribution in [2.24, 2.45) is 5.73 Å². The van der Waals surface area contributed by atoms with Crippen molar-refractivity contribution in [1.82, 2.24) is 9.88 Å². The smallest absolute Gasteiger partial charge is 0.0458 e. The average molecular weight is 322 g/mol. The van der Waals surface area contributed by atoms with Crippen LogP contribution in [0.2, 0.25) is 0 Å². The molecule has 0 saturated carbocycles. The number of piperidine rings is 1. The summed E-state index contributed by atoms with van der Waals surface area (Å²) in [6.45, 7) is 4.39. The van der Waals surface area contributed by atoms with E-state index in [2.05, 4.69) is 57.1 Å². The van der Waals surface area contributed by atoms with E-state index in [-0.39, 0.29) is 0 Å². The second-order valence-corrected chi connectivity index (χ2v) is 6.52. The lowest BCUT2D eigenvalue weighted by molar-refractivity contribution is 0.140. The van der Waals surface area contributed by atoms with Crippen LogP contribution in [0, 0.1) is 0 Å². The van der Waals surface area contributed by atoms with E-state index in [1.165, 1.54) is 16.5 Å². The predicted molar refractivity (Wildman–Crippen MR) is 83.1 cm³/mol. The lowest BCUT2D eigenvalue weighted by atomic mass is 9.98. The molecule has 3 rings (SSSR count). The third-order valence-electron chi connectivity index (χ3n) is 4.16. The SMILES string of the molecule is CC1CC(N)CCN1Cc1c[nH]c2ccc(Br)cc12. The van der Waals surface area contributed by atoms with Gasteiger partial charge in [0, 0.05) is 46.7 Å². The molecule has 1 saturated heterocycles. The number of aromatic nitrogens is 1. The molecule has 102 valence electrons. The molecule has 2 heterocycles. The van der Waals surface area contributed by atoms with Crippen molar-refractivity contribution < 1.29 is 0 Å². The van der Waals surface area contributed by atoms with Crippen molar-refractivity contribution in [3.63, 3.8) is 0 Å². The Morgan fingerprint density at radius 1 is 1.47 bits per heavy atom. The van der Waals surface area contributed by atoms with E-state index in [1.807, 2.05) is 0 Å². The van der Waals surface area contributed by atoms with Gasteiger partial charge in [-0.1, -0.05) is 15.9 Å². The molecule has 1 aromatic heterocycles. The molecule has 3 N–H and O–H groups in total. The zero-order chi connectivity index (χ0) is 13.4. The zero-order valence-electron chi connectivity index (χ0n) is 11.2. The van der Waals surface area contributed by atoms with Crippen LogP contribution in [0.1, 0.15) is 25.3 Å². The highest BCUT2D eigenvalue weighted by atomic mass is 79.9. The molecular formula is C15H20BrN3. The summed E-state index contributed by atoms with van der Waals surface area (Å²) in [5.74, 6) is 0. The van der Waals surface area contributed by atoms with E-state index in [4.69, 9.17) is 5.73 Å². The summed E-state index contributed by atoms with van der Waals surface area (Å²) in [5, 5.41) is 1.32. The molecule has 2 unspecified atom stereocenters. The van der Waals surface area contributed by atoms with Gasteiger partial charge in [0.2, 0.25) is 0 Å². The Hall–Kier alpha value is -0.840. The zero-order valence-corrected chi connectivity index (χ0v) is 12.8. The van der Waals surface area contributed by atoms with Crippen LogP contribution >= 0.6 is 15.9 Å². The summed E-state index contributed by atoms with van der Waals surface area (Å²) in [6.07, 6.45) is 4.35. The van der Waals surface area contributed by atoms with Gasteiger partial charge in [-0.2, -0.15) is 0 Å².